The quantitative estimate of drug-likeness (QED) is 0.533. The predicted octanol–water partition coefficient (Wildman–Crippen LogP) is 3.56. The van der Waals surface area contributed by atoms with E-state index in [0.29, 0.717) is 18.8 Å². The third-order valence-corrected chi connectivity index (χ3v) is 6.20. The summed E-state index contributed by atoms with van der Waals surface area (Å²) in [5.74, 6) is -0.0232. The molecule has 0 unspecified atom stereocenters. The summed E-state index contributed by atoms with van der Waals surface area (Å²) in [6.45, 7) is 7.97. The van der Waals surface area contributed by atoms with E-state index < -0.39 is 16.0 Å². The summed E-state index contributed by atoms with van der Waals surface area (Å²) in [6, 6.07) is 9.74. The molecule has 0 amide bonds. The molecule has 0 bridgehead atoms. The average molecular weight is 391 g/mol. The van der Waals surface area contributed by atoms with Crippen molar-refractivity contribution in [2.75, 3.05) is 20.2 Å². The average Bonchev–Trinajstić information content (AvgIpc) is 2.61. The molecule has 0 radical (unpaired) electrons. The molecule has 7 heteroatoms. The predicted molar refractivity (Wildman–Crippen MR) is 104 cm³/mol. The van der Waals surface area contributed by atoms with E-state index in [9.17, 15) is 13.2 Å². The molecule has 0 atom stereocenters. The van der Waals surface area contributed by atoms with Crippen molar-refractivity contribution in [3.8, 4) is 11.5 Å². The maximum absolute atomic E-state index is 12.9. The lowest BCUT2D eigenvalue weighted by atomic mass is 10.1. The van der Waals surface area contributed by atoms with E-state index in [0.717, 1.165) is 11.1 Å². The molecule has 0 aromatic heterocycles. The van der Waals surface area contributed by atoms with Crippen LogP contribution in [0, 0.1) is 13.8 Å². The second-order valence-electron chi connectivity index (χ2n) is 6.17. The fourth-order valence-electron chi connectivity index (χ4n) is 2.87. The Labute approximate surface area is 160 Å². The number of esters is 1. The van der Waals surface area contributed by atoms with Crippen LogP contribution in [0.15, 0.2) is 41.3 Å². The highest BCUT2D eigenvalue weighted by Gasteiger charge is 2.27. The number of sulfonamides is 1. The highest BCUT2D eigenvalue weighted by atomic mass is 32.2. The second-order valence-corrected chi connectivity index (χ2v) is 8.07. The lowest BCUT2D eigenvalue weighted by Gasteiger charge is -2.20. The molecule has 0 aliphatic carbocycles. The number of hydrogen-bond donors (Lipinski definition) is 0. The number of aryl methyl sites for hydroxylation is 2. The number of methoxy groups -OCH3 is 1. The van der Waals surface area contributed by atoms with E-state index in [1.807, 2.05) is 19.9 Å². The number of ether oxygens (including phenoxy) is 2. The first-order valence-electron chi connectivity index (χ1n) is 8.71. The van der Waals surface area contributed by atoms with Gasteiger partial charge in [0.15, 0.2) is 0 Å². The maximum atomic E-state index is 12.9. The Morgan fingerprint density at radius 3 is 2.11 bits per heavy atom. The van der Waals surface area contributed by atoms with Gasteiger partial charge in [0.1, 0.15) is 16.4 Å². The first-order valence-corrected chi connectivity index (χ1v) is 10.2. The third-order valence-electron chi connectivity index (χ3n) is 4.13. The van der Waals surface area contributed by atoms with Gasteiger partial charge in [-0.15, -0.1) is 0 Å². The molecule has 0 saturated carbocycles. The van der Waals surface area contributed by atoms with Gasteiger partial charge in [-0.1, -0.05) is 19.9 Å². The van der Waals surface area contributed by atoms with Gasteiger partial charge in [-0.05, 0) is 55.3 Å². The van der Waals surface area contributed by atoms with Crippen LogP contribution in [0.5, 0.6) is 11.5 Å². The van der Waals surface area contributed by atoms with Gasteiger partial charge in [0.05, 0.1) is 12.7 Å². The molecule has 0 aliphatic rings. The zero-order valence-electron chi connectivity index (χ0n) is 16.3. The van der Waals surface area contributed by atoms with Gasteiger partial charge >= 0.3 is 5.97 Å². The Hall–Kier alpha value is -2.38. The standard InChI is InChI=1S/C20H25NO5S/c1-6-21(7-2)27(23,24)19-13-16(8-9-18(19)25-5)20(22)26-17-11-14(3)10-15(4)12-17/h8-13H,6-7H2,1-5H3. The molecule has 146 valence electrons. The van der Waals surface area contributed by atoms with Crippen molar-refractivity contribution < 1.29 is 22.7 Å². The number of benzene rings is 2. The molecule has 0 spiro atoms. The normalized spacial score (nSPS) is 11.5. The fraction of sp³-hybridized carbons (Fsp3) is 0.350. The number of hydrogen-bond acceptors (Lipinski definition) is 5. The zero-order chi connectivity index (χ0) is 20.2. The largest absolute Gasteiger partial charge is 0.495 e. The summed E-state index contributed by atoms with van der Waals surface area (Å²) in [7, 11) is -2.39. The zero-order valence-corrected chi connectivity index (χ0v) is 17.1. The van der Waals surface area contributed by atoms with E-state index >= 15 is 0 Å². The van der Waals surface area contributed by atoms with Gasteiger partial charge in [0.25, 0.3) is 0 Å². The molecule has 2 aromatic rings. The summed E-state index contributed by atoms with van der Waals surface area (Å²) in [5.41, 5.74) is 2.08. The second kappa shape index (κ2) is 8.54. The highest BCUT2D eigenvalue weighted by molar-refractivity contribution is 7.89. The molecule has 2 aromatic carbocycles. The summed E-state index contributed by atoms with van der Waals surface area (Å²) in [6.07, 6.45) is 0. The van der Waals surface area contributed by atoms with Crippen LogP contribution in [-0.4, -0.2) is 38.9 Å². The molecular formula is C20H25NO5S. The van der Waals surface area contributed by atoms with Gasteiger partial charge < -0.3 is 9.47 Å². The van der Waals surface area contributed by atoms with Crippen molar-refractivity contribution in [3.63, 3.8) is 0 Å². The summed E-state index contributed by atoms with van der Waals surface area (Å²) in [4.78, 5) is 12.5. The van der Waals surface area contributed by atoms with E-state index in [1.165, 1.54) is 29.6 Å². The number of rotatable bonds is 7. The number of carbonyl (C=O) groups is 1. The molecule has 2 rings (SSSR count). The van der Waals surface area contributed by atoms with Crippen LogP contribution in [0.25, 0.3) is 0 Å². The van der Waals surface area contributed by atoms with E-state index in [4.69, 9.17) is 9.47 Å². The van der Waals surface area contributed by atoms with E-state index in [2.05, 4.69) is 0 Å². The Morgan fingerprint density at radius 2 is 1.59 bits per heavy atom. The molecule has 6 nitrogen and oxygen atoms in total. The first-order chi connectivity index (χ1) is 12.7. The molecule has 0 N–H and O–H groups in total. The van der Waals surface area contributed by atoms with Crippen molar-refractivity contribution in [1.82, 2.24) is 4.31 Å². The van der Waals surface area contributed by atoms with Crippen LogP contribution in [0.1, 0.15) is 35.3 Å². The van der Waals surface area contributed by atoms with Crippen molar-refractivity contribution >= 4 is 16.0 Å². The molecule has 27 heavy (non-hydrogen) atoms. The van der Waals surface area contributed by atoms with Crippen molar-refractivity contribution in [2.45, 2.75) is 32.6 Å². The molecule has 0 heterocycles. The lowest BCUT2D eigenvalue weighted by Crippen LogP contribution is -2.31. The summed E-state index contributed by atoms with van der Waals surface area (Å²) in [5, 5.41) is 0. The minimum absolute atomic E-state index is 0.0522. The van der Waals surface area contributed by atoms with Gasteiger partial charge in [-0.2, -0.15) is 4.31 Å². The van der Waals surface area contributed by atoms with Gasteiger partial charge in [0.2, 0.25) is 10.0 Å². The van der Waals surface area contributed by atoms with Gasteiger partial charge in [0, 0.05) is 13.1 Å². The maximum Gasteiger partial charge on any atom is 0.343 e. The van der Waals surface area contributed by atoms with Crippen LogP contribution in [0.3, 0.4) is 0 Å². The first kappa shape index (κ1) is 20.9. The Morgan fingerprint density at radius 1 is 1.00 bits per heavy atom. The van der Waals surface area contributed by atoms with Crippen LogP contribution in [0.2, 0.25) is 0 Å². The van der Waals surface area contributed by atoms with Crippen molar-refractivity contribution in [1.29, 1.82) is 0 Å². The molecule has 0 saturated heterocycles. The van der Waals surface area contributed by atoms with Crippen LogP contribution < -0.4 is 9.47 Å². The van der Waals surface area contributed by atoms with Crippen molar-refractivity contribution in [2.24, 2.45) is 0 Å². The van der Waals surface area contributed by atoms with Gasteiger partial charge in [-0.3, -0.25) is 0 Å². The lowest BCUT2D eigenvalue weighted by molar-refractivity contribution is 0.0734. The van der Waals surface area contributed by atoms with Gasteiger partial charge in [-0.25, -0.2) is 13.2 Å². The third kappa shape index (κ3) is 4.67. The number of nitrogens with zero attached hydrogens (tertiary/aromatic N) is 1. The molecular weight excluding hydrogens is 366 g/mol. The number of carbonyl (C=O) groups excluding carboxylic acids is 1. The van der Waals surface area contributed by atoms with Crippen LogP contribution >= 0.6 is 0 Å². The highest BCUT2D eigenvalue weighted by Crippen LogP contribution is 2.28. The monoisotopic (exact) mass is 391 g/mol. The molecule has 0 aliphatic heterocycles. The fourth-order valence-corrected chi connectivity index (χ4v) is 4.51. The topological polar surface area (TPSA) is 72.9 Å². The minimum Gasteiger partial charge on any atom is -0.495 e. The van der Waals surface area contributed by atoms with Crippen LogP contribution in [0.4, 0.5) is 0 Å². The summed E-state index contributed by atoms with van der Waals surface area (Å²) < 4.78 is 37.7. The Bertz CT molecular complexity index is 913. The van der Waals surface area contributed by atoms with Crippen LogP contribution in [-0.2, 0) is 10.0 Å². The Kier molecular flexibility index (Phi) is 6.62. The smallest absolute Gasteiger partial charge is 0.343 e. The minimum atomic E-state index is -3.79. The molecule has 0 fully saturated rings. The van der Waals surface area contributed by atoms with E-state index in [1.54, 1.807) is 26.0 Å². The SMILES string of the molecule is CCN(CC)S(=O)(=O)c1cc(C(=O)Oc2cc(C)cc(C)c2)ccc1OC. The van der Waals surface area contributed by atoms with E-state index in [-0.39, 0.29) is 16.2 Å². The van der Waals surface area contributed by atoms with Crippen molar-refractivity contribution in [3.05, 3.63) is 53.1 Å². The Balaban J connectivity index is 2.43. The summed E-state index contributed by atoms with van der Waals surface area (Å²) >= 11 is 0.